The molecule has 0 radical (unpaired) electrons. The number of anilines is 1. The van der Waals surface area contributed by atoms with Crippen molar-refractivity contribution >= 4 is 11.7 Å². The Kier molecular flexibility index (Phi) is 5.52. The Morgan fingerprint density at radius 1 is 1.50 bits per heavy atom. The van der Waals surface area contributed by atoms with Crippen LogP contribution in [0, 0.1) is 11.3 Å². The van der Waals surface area contributed by atoms with Gasteiger partial charge in [-0.25, -0.2) is 0 Å². The number of nitriles is 1. The van der Waals surface area contributed by atoms with E-state index in [-0.39, 0.29) is 19.1 Å². The van der Waals surface area contributed by atoms with Crippen LogP contribution in [0.4, 0.5) is 5.69 Å². The van der Waals surface area contributed by atoms with Gasteiger partial charge >= 0.3 is 5.97 Å². The standard InChI is InChI=1S/C13H16N2O3/c1-10(2-7-13(16)17)15-11-3-5-12(6-4-11)18-9-8-14/h3-6,10,15H,2,7,9H2,1H3,(H,16,17). The van der Waals surface area contributed by atoms with Crippen LogP contribution in [-0.2, 0) is 4.79 Å². The lowest BCUT2D eigenvalue weighted by Gasteiger charge is -2.14. The molecular weight excluding hydrogens is 232 g/mol. The summed E-state index contributed by atoms with van der Waals surface area (Å²) in [4.78, 5) is 10.4. The minimum Gasteiger partial charge on any atom is -0.481 e. The smallest absolute Gasteiger partial charge is 0.303 e. The summed E-state index contributed by atoms with van der Waals surface area (Å²) >= 11 is 0. The van der Waals surface area contributed by atoms with Gasteiger partial charge in [-0.1, -0.05) is 0 Å². The molecule has 1 rings (SSSR count). The third kappa shape index (κ3) is 5.21. The van der Waals surface area contributed by atoms with Crippen LogP contribution in [0.2, 0.25) is 0 Å². The lowest BCUT2D eigenvalue weighted by Crippen LogP contribution is -2.16. The summed E-state index contributed by atoms with van der Waals surface area (Å²) in [5.74, 6) is -0.149. The quantitative estimate of drug-likeness (QED) is 0.773. The molecule has 0 aliphatic rings. The zero-order valence-electron chi connectivity index (χ0n) is 10.2. The molecule has 2 N–H and O–H groups in total. The van der Waals surface area contributed by atoms with Gasteiger partial charge in [-0.15, -0.1) is 0 Å². The molecule has 1 aromatic rings. The third-order valence-electron chi connectivity index (χ3n) is 2.36. The summed E-state index contributed by atoms with van der Waals surface area (Å²) in [6.45, 7) is 1.96. The Bertz CT molecular complexity index is 423. The van der Waals surface area contributed by atoms with Gasteiger partial charge in [0.05, 0.1) is 0 Å². The molecule has 0 saturated carbocycles. The topological polar surface area (TPSA) is 82.3 Å². The molecule has 0 amide bonds. The van der Waals surface area contributed by atoms with Gasteiger partial charge in [0.1, 0.15) is 11.8 Å². The number of hydrogen-bond donors (Lipinski definition) is 2. The molecule has 0 fully saturated rings. The van der Waals surface area contributed by atoms with Gasteiger partial charge in [0.15, 0.2) is 6.61 Å². The fourth-order valence-electron chi connectivity index (χ4n) is 1.46. The maximum atomic E-state index is 10.4. The molecule has 1 atom stereocenters. The van der Waals surface area contributed by atoms with Crippen molar-refractivity contribution in [2.24, 2.45) is 0 Å². The van der Waals surface area contributed by atoms with E-state index in [4.69, 9.17) is 15.1 Å². The van der Waals surface area contributed by atoms with Gasteiger partial charge in [-0.05, 0) is 37.6 Å². The Labute approximate surface area is 106 Å². The van der Waals surface area contributed by atoms with Crippen LogP contribution in [0.5, 0.6) is 5.75 Å². The van der Waals surface area contributed by atoms with Gasteiger partial charge in [0.25, 0.3) is 0 Å². The van der Waals surface area contributed by atoms with E-state index in [1.165, 1.54) is 0 Å². The van der Waals surface area contributed by atoms with E-state index < -0.39 is 5.97 Å². The van der Waals surface area contributed by atoms with Crippen LogP contribution < -0.4 is 10.1 Å². The Morgan fingerprint density at radius 2 is 2.17 bits per heavy atom. The highest BCUT2D eigenvalue weighted by Crippen LogP contribution is 2.17. The minimum absolute atomic E-state index is 0.0296. The predicted molar refractivity (Wildman–Crippen MR) is 67.5 cm³/mol. The second kappa shape index (κ2) is 7.17. The molecule has 0 aliphatic carbocycles. The number of rotatable bonds is 7. The molecule has 1 aromatic carbocycles. The number of nitrogens with one attached hydrogen (secondary N) is 1. The van der Waals surface area contributed by atoms with Gasteiger partial charge < -0.3 is 15.2 Å². The van der Waals surface area contributed by atoms with Crippen LogP contribution >= 0.6 is 0 Å². The Balaban J connectivity index is 2.43. The largest absolute Gasteiger partial charge is 0.481 e. The number of ether oxygens (including phenoxy) is 1. The lowest BCUT2D eigenvalue weighted by atomic mass is 10.1. The first kappa shape index (κ1) is 13.8. The van der Waals surface area contributed by atoms with Crippen molar-refractivity contribution < 1.29 is 14.6 Å². The molecule has 5 nitrogen and oxygen atoms in total. The fourth-order valence-corrected chi connectivity index (χ4v) is 1.46. The molecular formula is C13H16N2O3. The number of carboxylic acids is 1. The van der Waals surface area contributed by atoms with Crippen molar-refractivity contribution in [2.75, 3.05) is 11.9 Å². The number of carboxylic acid groups (broad SMARTS) is 1. The third-order valence-corrected chi connectivity index (χ3v) is 2.36. The molecule has 96 valence electrons. The molecule has 0 saturated heterocycles. The maximum absolute atomic E-state index is 10.4. The zero-order valence-corrected chi connectivity index (χ0v) is 10.2. The van der Waals surface area contributed by atoms with E-state index >= 15 is 0 Å². The molecule has 18 heavy (non-hydrogen) atoms. The summed E-state index contributed by atoms with van der Waals surface area (Å²) in [5.41, 5.74) is 0.900. The first-order chi connectivity index (χ1) is 8.61. The number of carbonyl (C=O) groups is 1. The summed E-state index contributed by atoms with van der Waals surface area (Å²) < 4.78 is 5.13. The molecule has 0 aliphatic heterocycles. The summed E-state index contributed by atoms with van der Waals surface area (Å²) in [6.07, 6.45) is 0.722. The zero-order chi connectivity index (χ0) is 13.4. The molecule has 0 aromatic heterocycles. The van der Waals surface area contributed by atoms with Gasteiger partial charge in [-0.2, -0.15) is 5.26 Å². The van der Waals surface area contributed by atoms with Gasteiger partial charge in [0, 0.05) is 18.2 Å². The minimum atomic E-state index is -0.788. The first-order valence-electron chi connectivity index (χ1n) is 5.70. The van der Waals surface area contributed by atoms with Crippen molar-refractivity contribution in [3.8, 4) is 11.8 Å². The Morgan fingerprint density at radius 3 is 2.72 bits per heavy atom. The van der Waals surface area contributed by atoms with Crippen molar-refractivity contribution in [3.63, 3.8) is 0 Å². The average Bonchev–Trinajstić information content (AvgIpc) is 2.35. The highest BCUT2D eigenvalue weighted by atomic mass is 16.5. The van der Waals surface area contributed by atoms with E-state index in [0.717, 1.165) is 5.69 Å². The highest BCUT2D eigenvalue weighted by molar-refractivity contribution is 5.66. The van der Waals surface area contributed by atoms with Crippen LogP contribution in [0.15, 0.2) is 24.3 Å². The van der Waals surface area contributed by atoms with E-state index in [0.29, 0.717) is 12.2 Å². The van der Waals surface area contributed by atoms with E-state index in [2.05, 4.69) is 5.32 Å². The summed E-state index contributed by atoms with van der Waals surface area (Å²) in [5, 5.41) is 20.1. The maximum Gasteiger partial charge on any atom is 0.303 e. The second-order valence-electron chi connectivity index (χ2n) is 3.95. The van der Waals surface area contributed by atoms with Crippen molar-refractivity contribution in [2.45, 2.75) is 25.8 Å². The van der Waals surface area contributed by atoms with Crippen LogP contribution in [0.1, 0.15) is 19.8 Å². The number of benzene rings is 1. The van der Waals surface area contributed by atoms with Crippen LogP contribution in [0.25, 0.3) is 0 Å². The van der Waals surface area contributed by atoms with Gasteiger partial charge in [0.2, 0.25) is 0 Å². The number of hydrogen-bond acceptors (Lipinski definition) is 4. The van der Waals surface area contributed by atoms with Crippen molar-refractivity contribution in [1.82, 2.24) is 0 Å². The van der Waals surface area contributed by atoms with E-state index in [1.54, 1.807) is 12.1 Å². The van der Waals surface area contributed by atoms with Crippen LogP contribution in [0.3, 0.4) is 0 Å². The highest BCUT2D eigenvalue weighted by Gasteiger charge is 2.05. The predicted octanol–water partition coefficient (Wildman–Crippen LogP) is 2.25. The summed E-state index contributed by atoms with van der Waals surface area (Å²) in [6, 6.07) is 9.20. The van der Waals surface area contributed by atoms with Crippen molar-refractivity contribution in [3.05, 3.63) is 24.3 Å². The summed E-state index contributed by atoms with van der Waals surface area (Å²) in [7, 11) is 0. The SMILES string of the molecule is CC(CCC(=O)O)Nc1ccc(OCC#N)cc1. The lowest BCUT2D eigenvalue weighted by molar-refractivity contribution is -0.137. The normalized spacial score (nSPS) is 11.3. The van der Waals surface area contributed by atoms with E-state index in [1.807, 2.05) is 25.1 Å². The van der Waals surface area contributed by atoms with Gasteiger partial charge in [-0.3, -0.25) is 4.79 Å². The molecule has 5 heteroatoms. The molecule has 1 unspecified atom stereocenters. The average molecular weight is 248 g/mol. The number of aliphatic carboxylic acids is 1. The first-order valence-corrected chi connectivity index (χ1v) is 5.70. The number of nitrogens with zero attached hydrogens (tertiary/aromatic N) is 1. The second-order valence-corrected chi connectivity index (χ2v) is 3.95. The fraction of sp³-hybridized carbons (Fsp3) is 0.385. The molecule has 0 spiro atoms. The van der Waals surface area contributed by atoms with E-state index in [9.17, 15) is 4.79 Å². The molecule has 0 bridgehead atoms. The Hall–Kier alpha value is -2.22. The monoisotopic (exact) mass is 248 g/mol. The van der Waals surface area contributed by atoms with Crippen LogP contribution in [-0.4, -0.2) is 23.7 Å². The van der Waals surface area contributed by atoms with Crippen molar-refractivity contribution in [1.29, 1.82) is 5.26 Å². The molecule has 0 heterocycles.